The summed E-state index contributed by atoms with van der Waals surface area (Å²) in [5.74, 6) is 1.08. The molecule has 106 valence electrons. The van der Waals surface area contributed by atoms with Crippen molar-refractivity contribution in [1.29, 1.82) is 0 Å². The van der Waals surface area contributed by atoms with E-state index < -0.39 is 0 Å². The summed E-state index contributed by atoms with van der Waals surface area (Å²) in [6, 6.07) is 9.66. The number of hydrogen-bond acceptors (Lipinski definition) is 2. The molecular weight excluding hydrogens is 274 g/mol. The maximum atomic E-state index is 12.3. The van der Waals surface area contributed by atoms with Crippen LogP contribution in [-0.2, 0) is 12.4 Å². The number of methoxy groups -OCH3 is 1. The zero-order valence-electron chi connectivity index (χ0n) is 11.9. The fourth-order valence-corrected chi connectivity index (χ4v) is 2.53. The van der Waals surface area contributed by atoms with Gasteiger partial charge in [-0.25, -0.2) is 0 Å². The van der Waals surface area contributed by atoms with Crippen LogP contribution in [0.4, 0.5) is 0 Å². The van der Waals surface area contributed by atoms with Gasteiger partial charge in [0.25, 0.3) is 5.56 Å². The highest BCUT2D eigenvalue weighted by atomic mass is 35.5. The first-order valence-electron chi connectivity index (χ1n) is 6.56. The number of rotatable bonds is 4. The van der Waals surface area contributed by atoms with Crippen molar-refractivity contribution in [2.24, 2.45) is 0 Å². The number of aryl methyl sites for hydroxylation is 1. The number of alkyl halides is 1. The zero-order chi connectivity index (χ0) is 14.7. The second kappa shape index (κ2) is 6.14. The largest absolute Gasteiger partial charge is 0.496 e. The van der Waals surface area contributed by atoms with Gasteiger partial charge >= 0.3 is 0 Å². The molecule has 0 radical (unpaired) electrons. The Kier molecular flexibility index (Phi) is 4.50. The van der Waals surface area contributed by atoms with Crippen LogP contribution in [0.15, 0.2) is 35.1 Å². The summed E-state index contributed by atoms with van der Waals surface area (Å²) in [5, 5.41) is 0. The molecule has 1 heterocycles. The first-order chi connectivity index (χ1) is 9.62. The van der Waals surface area contributed by atoms with Gasteiger partial charge < -0.3 is 9.30 Å². The number of aromatic nitrogens is 1. The highest BCUT2D eigenvalue weighted by Crippen LogP contribution is 2.25. The molecule has 0 aliphatic heterocycles. The number of pyridine rings is 1. The normalized spacial score (nSPS) is 10.6. The number of ether oxygens (including phenoxy) is 1. The molecule has 0 N–H and O–H groups in total. The van der Waals surface area contributed by atoms with Crippen LogP contribution >= 0.6 is 11.6 Å². The summed E-state index contributed by atoms with van der Waals surface area (Å²) < 4.78 is 7.02. The molecule has 4 heteroatoms. The average Bonchev–Trinajstić information content (AvgIpc) is 2.46. The smallest absolute Gasteiger partial charge is 0.255 e. The molecular formula is C16H18ClNO2. The standard InChI is InChI=1S/C16H18ClNO2/c1-4-18-14(7-5-13(10-17)16(18)19)12-6-8-15(20-3)11(2)9-12/h5-9H,4,10H2,1-3H3. The van der Waals surface area contributed by atoms with Crippen molar-refractivity contribution in [1.82, 2.24) is 4.57 Å². The Morgan fingerprint density at radius 1 is 1.25 bits per heavy atom. The first-order valence-corrected chi connectivity index (χ1v) is 7.09. The van der Waals surface area contributed by atoms with Gasteiger partial charge in [-0.15, -0.1) is 11.6 Å². The van der Waals surface area contributed by atoms with E-state index >= 15 is 0 Å². The van der Waals surface area contributed by atoms with E-state index in [2.05, 4.69) is 0 Å². The molecule has 0 bridgehead atoms. The molecule has 0 aliphatic carbocycles. The Bertz CT molecular complexity index is 677. The summed E-state index contributed by atoms with van der Waals surface area (Å²) in [6.45, 7) is 4.56. The molecule has 0 unspecified atom stereocenters. The summed E-state index contributed by atoms with van der Waals surface area (Å²) in [7, 11) is 1.65. The van der Waals surface area contributed by atoms with Crippen molar-refractivity contribution in [2.45, 2.75) is 26.3 Å². The number of hydrogen-bond donors (Lipinski definition) is 0. The fourth-order valence-electron chi connectivity index (χ4n) is 2.33. The third-order valence-corrected chi connectivity index (χ3v) is 3.69. The van der Waals surface area contributed by atoms with E-state index in [1.54, 1.807) is 17.7 Å². The van der Waals surface area contributed by atoms with E-state index in [4.69, 9.17) is 16.3 Å². The van der Waals surface area contributed by atoms with Crippen LogP contribution in [0.5, 0.6) is 5.75 Å². The van der Waals surface area contributed by atoms with Gasteiger partial charge in [-0.05, 0) is 49.2 Å². The Hall–Kier alpha value is -1.74. The fraction of sp³-hybridized carbons (Fsp3) is 0.312. The lowest BCUT2D eigenvalue weighted by Crippen LogP contribution is -2.23. The number of halogens is 1. The van der Waals surface area contributed by atoms with Crippen molar-refractivity contribution >= 4 is 11.6 Å². The van der Waals surface area contributed by atoms with Crippen LogP contribution in [0.3, 0.4) is 0 Å². The van der Waals surface area contributed by atoms with E-state index in [-0.39, 0.29) is 11.4 Å². The van der Waals surface area contributed by atoms with Crippen molar-refractivity contribution < 1.29 is 4.74 Å². The minimum absolute atomic E-state index is 0.0199. The second-order valence-electron chi connectivity index (χ2n) is 4.61. The molecule has 2 rings (SSSR count). The van der Waals surface area contributed by atoms with Crippen molar-refractivity contribution in [2.75, 3.05) is 7.11 Å². The average molecular weight is 292 g/mol. The molecule has 0 aliphatic rings. The SMILES string of the molecule is CCn1c(-c2ccc(OC)c(C)c2)ccc(CCl)c1=O. The van der Waals surface area contributed by atoms with Gasteiger partial charge in [0.15, 0.2) is 0 Å². The second-order valence-corrected chi connectivity index (χ2v) is 4.88. The van der Waals surface area contributed by atoms with Crippen LogP contribution < -0.4 is 10.3 Å². The summed E-state index contributed by atoms with van der Waals surface area (Å²) in [6.07, 6.45) is 0. The monoisotopic (exact) mass is 291 g/mol. The Morgan fingerprint density at radius 2 is 2.00 bits per heavy atom. The van der Waals surface area contributed by atoms with Crippen molar-refractivity contribution in [3.05, 3.63) is 51.8 Å². The van der Waals surface area contributed by atoms with Gasteiger partial charge in [0.2, 0.25) is 0 Å². The van der Waals surface area contributed by atoms with E-state index in [0.717, 1.165) is 22.6 Å². The molecule has 0 amide bonds. The lowest BCUT2D eigenvalue weighted by Gasteiger charge is -2.14. The van der Waals surface area contributed by atoms with Crippen molar-refractivity contribution in [3.63, 3.8) is 0 Å². The summed E-state index contributed by atoms with van der Waals surface area (Å²) >= 11 is 5.79. The van der Waals surface area contributed by atoms with Gasteiger partial charge in [-0.1, -0.05) is 6.07 Å². The minimum Gasteiger partial charge on any atom is -0.496 e. The Labute approximate surface area is 123 Å². The molecule has 0 atom stereocenters. The Balaban J connectivity index is 2.61. The highest BCUT2D eigenvalue weighted by molar-refractivity contribution is 6.17. The van der Waals surface area contributed by atoms with E-state index in [1.165, 1.54) is 0 Å². The van der Waals surface area contributed by atoms with Crippen LogP contribution in [0.25, 0.3) is 11.3 Å². The molecule has 3 nitrogen and oxygen atoms in total. The van der Waals surface area contributed by atoms with Crippen molar-refractivity contribution in [3.8, 4) is 17.0 Å². The molecule has 1 aromatic heterocycles. The Morgan fingerprint density at radius 3 is 2.55 bits per heavy atom. The maximum Gasteiger partial charge on any atom is 0.255 e. The van der Waals surface area contributed by atoms with Crippen LogP contribution in [0, 0.1) is 6.92 Å². The van der Waals surface area contributed by atoms with Gasteiger partial charge in [0, 0.05) is 12.1 Å². The lowest BCUT2D eigenvalue weighted by atomic mass is 10.1. The maximum absolute atomic E-state index is 12.3. The third-order valence-electron chi connectivity index (χ3n) is 3.40. The predicted molar refractivity (Wildman–Crippen MR) is 82.7 cm³/mol. The number of benzene rings is 1. The molecule has 2 aromatic rings. The van der Waals surface area contributed by atoms with Gasteiger partial charge in [-0.3, -0.25) is 4.79 Å². The zero-order valence-corrected chi connectivity index (χ0v) is 12.7. The van der Waals surface area contributed by atoms with Crippen LogP contribution in [-0.4, -0.2) is 11.7 Å². The highest BCUT2D eigenvalue weighted by Gasteiger charge is 2.10. The first kappa shape index (κ1) is 14.7. The van der Waals surface area contributed by atoms with Crippen LogP contribution in [0.1, 0.15) is 18.1 Å². The number of nitrogens with zero attached hydrogens (tertiary/aromatic N) is 1. The minimum atomic E-state index is -0.0199. The summed E-state index contributed by atoms with van der Waals surface area (Å²) in [5.41, 5.74) is 3.55. The molecule has 1 aromatic carbocycles. The van der Waals surface area contributed by atoms with Gasteiger partial charge in [-0.2, -0.15) is 0 Å². The molecule has 0 spiro atoms. The molecule has 20 heavy (non-hydrogen) atoms. The lowest BCUT2D eigenvalue weighted by molar-refractivity contribution is 0.412. The molecule has 0 saturated carbocycles. The quantitative estimate of drug-likeness (QED) is 0.806. The van der Waals surface area contributed by atoms with Crippen LogP contribution in [0.2, 0.25) is 0 Å². The summed E-state index contributed by atoms with van der Waals surface area (Å²) in [4.78, 5) is 12.3. The topological polar surface area (TPSA) is 31.2 Å². The van der Waals surface area contributed by atoms with Gasteiger partial charge in [0.05, 0.1) is 18.7 Å². The third kappa shape index (κ3) is 2.59. The van der Waals surface area contributed by atoms with E-state index in [1.807, 2.05) is 38.1 Å². The predicted octanol–water partition coefficient (Wildman–Crippen LogP) is 3.59. The van der Waals surface area contributed by atoms with E-state index in [9.17, 15) is 4.79 Å². The molecule has 0 saturated heterocycles. The molecule has 0 fully saturated rings. The van der Waals surface area contributed by atoms with Gasteiger partial charge in [0.1, 0.15) is 5.75 Å². The van der Waals surface area contributed by atoms with E-state index in [0.29, 0.717) is 12.1 Å².